The second kappa shape index (κ2) is 7.21. The van der Waals surface area contributed by atoms with E-state index in [0.29, 0.717) is 12.1 Å². The smallest absolute Gasteiger partial charge is 0.251 e. The van der Waals surface area contributed by atoms with Crippen molar-refractivity contribution in [2.24, 2.45) is 0 Å². The van der Waals surface area contributed by atoms with Crippen molar-refractivity contribution in [3.8, 4) is 5.75 Å². The number of carbonyl (C=O) groups is 1. The number of amides is 1. The molecule has 1 atom stereocenters. The van der Waals surface area contributed by atoms with E-state index in [-0.39, 0.29) is 11.9 Å². The van der Waals surface area contributed by atoms with Gasteiger partial charge in [-0.2, -0.15) is 0 Å². The standard InChI is InChI=1S/C20H21N3O2/c1-4-13-23-18-8-6-5-7-17(18)22-19(23)14(2)21-20(24)15-9-11-16(25-3)12-10-15/h4-12,14H,1,13H2,2-3H3,(H,21,24). The molecule has 1 aromatic heterocycles. The molecule has 1 N–H and O–H groups in total. The normalized spacial score (nSPS) is 11.9. The summed E-state index contributed by atoms with van der Waals surface area (Å²) < 4.78 is 7.19. The van der Waals surface area contributed by atoms with E-state index in [0.717, 1.165) is 22.6 Å². The molecule has 0 fully saturated rings. The van der Waals surface area contributed by atoms with Crippen molar-refractivity contribution in [1.82, 2.24) is 14.9 Å². The Morgan fingerprint density at radius 2 is 2.00 bits per heavy atom. The number of rotatable bonds is 6. The van der Waals surface area contributed by atoms with Gasteiger partial charge in [-0.1, -0.05) is 18.2 Å². The first kappa shape index (κ1) is 16.8. The fourth-order valence-electron chi connectivity index (χ4n) is 2.83. The average Bonchev–Trinajstić information content (AvgIpc) is 3.01. The lowest BCUT2D eigenvalue weighted by molar-refractivity contribution is 0.0937. The van der Waals surface area contributed by atoms with Gasteiger partial charge >= 0.3 is 0 Å². The Hall–Kier alpha value is -3.08. The molecule has 0 bridgehead atoms. The number of hydrogen-bond acceptors (Lipinski definition) is 3. The van der Waals surface area contributed by atoms with Gasteiger partial charge in [-0.25, -0.2) is 4.98 Å². The zero-order chi connectivity index (χ0) is 17.8. The molecule has 0 saturated carbocycles. The Balaban J connectivity index is 1.85. The van der Waals surface area contributed by atoms with Crippen LogP contribution in [-0.4, -0.2) is 22.6 Å². The van der Waals surface area contributed by atoms with Crippen molar-refractivity contribution in [2.45, 2.75) is 19.5 Å². The molecule has 0 aliphatic carbocycles. The molecule has 0 aliphatic heterocycles. The second-order valence-electron chi connectivity index (χ2n) is 5.78. The van der Waals surface area contributed by atoms with Crippen LogP contribution in [0.15, 0.2) is 61.2 Å². The summed E-state index contributed by atoms with van der Waals surface area (Å²) >= 11 is 0. The van der Waals surface area contributed by atoms with E-state index in [1.807, 2.05) is 37.3 Å². The summed E-state index contributed by atoms with van der Waals surface area (Å²) in [4.78, 5) is 17.2. The van der Waals surface area contributed by atoms with Gasteiger partial charge in [0.05, 0.1) is 24.2 Å². The Morgan fingerprint density at radius 1 is 1.28 bits per heavy atom. The third-order valence-corrected chi connectivity index (χ3v) is 4.08. The number of allylic oxidation sites excluding steroid dienone is 1. The molecule has 1 unspecified atom stereocenters. The van der Waals surface area contributed by atoms with Gasteiger partial charge in [0, 0.05) is 12.1 Å². The van der Waals surface area contributed by atoms with Crippen LogP contribution in [0.2, 0.25) is 0 Å². The predicted octanol–water partition coefficient (Wildman–Crippen LogP) is 3.72. The van der Waals surface area contributed by atoms with Gasteiger partial charge in [-0.3, -0.25) is 4.79 Å². The van der Waals surface area contributed by atoms with Gasteiger partial charge in [0.2, 0.25) is 0 Å². The van der Waals surface area contributed by atoms with E-state index in [9.17, 15) is 4.79 Å². The highest BCUT2D eigenvalue weighted by atomic mass is 16.5. The maximum absolute atomic E-state index is 12.5. The van der Waals surface area contributed by atoms with Crippen molar-refractivity contribution in [3.05, 3.63) is 72.6 Å². The minimum atomic E-state index is -0.234. The second-order valence-corrected chi connectivity index (χ2v) is 5.78. The van der Waals surface area contributed by atoms with Crippen LogP contribution in [0.25, 0.3) is 11.0 Å². The number of aromatic nitrogens is 2. The average molecular weight is 335 g/mol. The maximum Gasteiger partial charge on any atom is 0.251 e. The molecule has 1 amide bonds. The van der Waals surface area contributed by atoms with Crippen molar-refractivity contribution in [3.63, 3.8) is 0 Å². The molecule has 0 spiro atoms. The Kier molecular flexibility index (Phi) is 4.84. The summed E-state index contributed by atoms with van der Waals surface area (Å²) in [7, 11) is 1.60. The van der Waals surface area contributed by atoms with Crippen molar-refractivity contribution < 1.29 is 9.53 Å². The van der Waals surface area contributed by atoms with Gasteiger partial charge in [0.25, 0.3) is 5.91 Å². The van der Waals surface area contributed by atoms with Crippen LogP contribution in [0.4, 0.5) is 0 Å². The summed E-state index contributed by atoms with van der Waals surface area (Å²) in [6, 6.07) is 14.7. The van der Waals surface area contributed by atoms with E-state index >= 15 is 0 Å². The fraction of sp³-hybridized carbons (Fsp3) is 0.200. The number of methoxy groups -OCH3 is 1. The molecule has 0 radical (unpaired) electrons. The summed E-state index contributed by atoms with van der Waals surface area (Å²) in [6.07, 6.45) is 1.83. The highest BCUT2D eigenvalue weighted by Gasteiger charge is 2.18. The molecule has 5 heteroatoms. The molecule has 2 aromatic carbocycles. The third-order valence-electron chi connectivity index (χ3n) is 4.08. The number of nitrogens with zero attached hydrogens (tertiary/aromatic N) is 2. The Bertz CT molecular complexity index is 897. The van der Waals surface area contributed by atoms with Crippen LogP contribution in [0.5, 0.6) is 5.75 Å². The third kappa shape index (κ3) is 3.40. The highest BCUT2D eigenvalue weighted by molar-refractivity contribution is 5.94. The molecular formula is C20H21N3O2. The summed E-state index contributed by atoms with van der Waals surface area (Å²) in [5.41, 5.74) is 2.52. The lowest BCUT2D eigenvalue weighted by Crippen LogP contribution is -2.28. The molecule has 25 heavy (non-hydrogen) atoms. The quantitative estimate of drug-likeness (QED) is 0.699. The van der Waals surface area contributed by atoms with E-state index in [4.69, 9.17) is 4.74 Å². The molecule has 3 rings (SSSR count). The number of ether oxygens (including phenoxy) is 1. The van der Waals surface area contributed by atoms with Crippen LogP contribution in [0, 0.1) is 0 Å². The molecule has 3 aromatic rings. The van der Waals surface area contributed by atoms with Crippen LogP contribution in [0.3, 0.4) is 0 Å². The number of imidazole rings is 1. The van der Waals surface area contributed by atoms with E-state index < -0.39 is 0 Å². The Labute approximate surface area is 146 Å². The lowest BCUT2D eigenvalue weighted by Gasteiger charge is -2.15. The molecule has 0 saturated heterocycles. The van der Waals surface area contributed by atoms with E-state index in [1.54, 1.807) is 31.4 Å². The van der Waals surface area contributed by atoms with Crippen molar-refractivity contribution >= 4 is 16.9 Å². The van der Waals surface area contributed by atoms with Gasteiger partial charge in [0.1, 0.15) is 11.6 Å². The lowest BCUT2D eigenvalue weighted by atomic mass is 10.2. The topological polar surface area (TPSA) is 56.2 Å². The van der Waals surface area contributed by atoms with Gasteiger partial charge in [-0.15, -0.1) is 6.58 Å². The molecule has 1 heterocycles. The summed E-state index contributed by atoms with van der Waals surface area (Å²) in [5, 5.41) is 3.01. The molecule has 128 valence electrons. The van der Waals surface area contributed by atoms with Crippen molar-refractivity contribution in [1.29, 1.82) is 0 Å². The maximum atomic E-state index is 12.5. The molecular weight excluding hydrogens is 314 g/mol. The number of hydrogen-bond donors (Lipinski definition) is 1. The summed E-state index contributed by atoms with van der Waals surface area (Å²) in [5.74, 6) is 1.38. The first-order valence-corrected chi connectivity index (χ1v) is 8.15. The van der Waals surface area contributed by atoms with Crippen LogP contribution in [0.1, 0.15) is 29.1 Å². The van der Waals surface area contributed by atoms with Crippen molar-refractivity contribution in [2.75, 3.05) is 7.11 Å². The first-order chi connectivity index (χ1) is 12.1. The molecule has 5 nitrogen and oxygen atoms in total. The summed E-state index contributed by atoms with van der Waals surface area (Å²) in [6.45, 7) is 6.39. The largest absolute Gasteiger partial charge is 0.497 e. The minimum absolute atomic E-state index is 0.146. The number of carbonyl (C=O) groups excluding carboxylic acids is 1. The van der Waals surface area contributed by atoms with Crippen LogP contribution < -0.4 is 10.1 Å². The number of benzene rings is 2. The number of nitrogens with one attached hydrogen (secondary N) is 1. The van der Waals surface area contributed by atoms with Gasteiger partial charge in [0.15, 0.2) is 0 Å². The predicted molar refractivity (Wildman–Crippen MR) is 98.8 cm³/mol. The minimum Gasteiger partial charge on any atom is -0.497 e. The van der Waals surface area contributed by atoms with Gasteiger partial charge < -0.3 is 14.6 Å². The first-order valence-electron chi connectivity index (χ1n) is 8.15. The Morgan fingerprint density at radius 3 is 2.68 bits per heavy atom. The van der Waals surface area contributed by atoms with E-state index in [2.05, 4.69) is 21.4 Å². The SMILES string of the molecule is C=CCn1c(C(C)NC(=O)c2ccc(OC)cc2)nc2ccccc21. The van der Waals surface area contributed by atoms with Gasteiger partial charge in [-0.05, 0) is 43.3 Å². The molecule has 0 aliphatic rings. The van der Waals surface area contributed by atoms with Crippen LogP contribution in [-0.2, 0) is 6.54 Å². The fourth-order valence-corrected chi connectivity index (χ4v) is 2.83. The number of para-hydroxylation sites is 2. The van der Waals surface area contributed by atoms with Crippen LogP contribution >= 0.6 is 0 Å². The highest BCUT2D eigenvalue weighted by Crippen LogP contribution is 2.21. The zero-order valence-corrected chi connectivity index (χ0v) is 14.4. The number of fused-ring (bicyclic) bond motifs is 1. The van der Waals surface area contributed by atoms with E-state index in [1.165, 1.54) is 0 Å². The monoisotopic (exact) mass is 335 g/mol. The zero-order valence-electron chi connectivity index (χ0n) is 14.4.